The fourth-order valence-electron chi connectivity index (χ4n) is 1.97. The molecule has 1 rings (SSSR count). The molecule has 0 N–H and O–H groups in total. The number of nitrogens with zero attached hydrogens (tertiary/aromatic N) is 2. The van der Waals surface area contributed by atoms with E-state index in [0.717, 1.165) is 25.7 Å². The van der Waals surface area contributed by atoms with Crippen LogP contribution in [0.4, 0.5) is 0 Å². The van der Waals surface area contributed by atoms with Crippen molar-refractivity contribution < 1.29 is 4.79 Å². The molecule has 0 radical (unpaired) electrons. The van der Waals surface area contributed by atoms with E-state index in [2.05, 4.69) is 11.1 Å². The standard InChI is InChI=1S/C10H14N2O/c1-10(7-11,12-8-13)9-5-3-2-4-6-9/h9H,2-6H2,1H3. The first-order chi connectivity index (χ1) is 6.23. The second kappa shape index (κ2) is 4.20. The second-order valence-electron chi connectivity index (χ2n) is 3.80. The van der Waals surface area contributed by atoms with Gasteiger partial charge in [0.15, 0.2) is 5.54 Å². The lowest BCUT2D eigenvalue weighted by atomic mass is 9.77. The molecule has 1 aliphatic rings. The Labute approximate surface area is 78.5 Å². The monoisotopic (exact) mass is 178 g/mol. The topological polar surface area (TPSA) is 53.2 Å². The molecule has 0 aliphatic heterocycles. The average molecular weight is 178 g/mol. The van der Waals surface area contributed by atoms with Crippen LogP contribution in [0.15, 0.2) is 4.99 Å². The van der Waals surface area contributed by atoms with Crippen molar-refractivity contribution in [3.05, 3.63) is 0 Å². The van der Waals surface area contributed by atoms with E-state index in [9.17, 15) is 4.79 Å². The molecule has 1 atom stereocenters. The molecular formula is C10H14N2O. The van der Waals surface area contributed by atoms with Gasteiger partial charge in [-0.05, 0) is 25.7 Å². The molecule has 0 aromatic carbocycles. The van der Waals surface area contributed by atoms with Gasteiger partial charge in [0.25, 0.3) is 0 Å². The van der Waals surface area contributed by atoms with Crippen LogP contribution in [-0.2, 0) is 4.79 Å². The Morgan fingerprint density at radius 3 is 2.46 bits per heavy atom. The number of hydrogen-bond acceptors (Lipinski definition) is 3. The summed E-state index contributed by atoms with van der Waals surface area (Å²) in [5, 5.41) is 8.95. The summed E-state index contributed by atoms with van der Waals surface area (Å²) in [6.45, 7) is 1.73. The van der Waals surface area contributed by atoms with Crippen LogP contribution in [0.3, 0.4) is 0 Å². The van der Waals surface area contributed by atoms with E-state index < -0.39 is 5.54 Å². The Morgan fingerprint density at radius 1 is 1.38 bits per heavy atom. The molecule has 1 aliphatic carbocycles. The molecule has 3 heteroatoms. The van der Waals surface area contributed by atoms with Gasteiger partial charge >= 0.3 is 0 Å². The molecule has 13 heavy (non-hydrogen) atoms. The Balaban J connectivity index is 2.75. The van der Waals surface area contributed by atoms with Crippen LogP contribution >= 0.6 is 0 Å². The third-order valence-electron chi connectivity index (χ3n) is 2.90. The van der Waals surface area contributed by atoms with Gasteiger partial charge in [-0.3, -0.25) is 0 Å². The van der Waals surface area contributed by atoms with Crippen LogP contribution in [0.1, 0.15) is 39.0 Å². The molecule has 0 saturated heterocycles. The fraction of sp³-hybridized carbons (Fsp3) is 0.800. The summed E-state index contributed by atoms with van der Waals surface area (Å²) in [6.07, 6.45) is 7.06. The van der Waals surface area contributed by atoms with Crippen molar-refractivity contribution in [2.75, 3.05) is 0 Å². The zero-order valence-corrected chi connectivity index (χ0v) is 7.92. The van der Waals surface area contributed by atoms with E-state index in [1.807, 2.05) is 0 Å². The smallest absolute Gasteiger partial charge is 0.211 e. The van der Waals surface area contributed by atoms with Crippen molar-refractivity contribution in [2.24, 2.45) is 10.9 Å². The summed E-state index contributed by atoms with van der Waals surface area (Å²) in [5.74, 6) is 0.243. The number of carbonyl (C=O) groups excluding carboxylic acids is 1. The van der Waals surface area contributed by atoms with Crippen LogP contribution in [0.25, 0.3) is 0 Å². The highest BCUT2D eigenvalue weighted by atomic mass is 16.1. The Hall–Kier alpha value is -1.13. The minimum atomic E-state index is -0.831. The van der Waals surface area contributed by atoms with Crippen molar-refractivity contribution in [2.45, 2.75) is 44.6 Å². The molecule has 1 unspecified atom stereocenters. The molecule has 0 heterocycles. The van der Waals surface area contributed by atoms with Crippen LogP contribution in [0.5, 0.6) is 0 Å². The van der Waals surface area contributed by atoms with E-state index >= 15 is 0 Å². The van der Waals surface area contributed by atoms with Crippen molar-refractivity contribution in [3.8, 4) is 6.07 Å². The Kier molecular flexibility index (Phi) is 3.22. The summed E-state index contributed by atoms with van der Waals surface area (Å²) < 4.78 is 0. The molecular weight excluding hydrogens is 164 g/mol. The highest BCUT2D eigenvalue weighted by molar-refractivity contribution is 5.37. The number of isocyanates is 1. The lowest BCUT2D eigenvalue weighted by Crippen LogP contribution is -2.32. The summed E-state index contributed by atoms with van der Waals surface area (Å²) in [5.41, 5.74) is -0.831. The van der Waals surface area contributed by atoms with Crippen LogP contribution in [0.2, 0.25) is 0 Å². The van der Waals surface area contributed by atoms with E-state index in [0.29, 0.717) is 0 Å². The molecule has 70 valence electrons. The van der Waals surface area contributed by atoms with Crippen LogP contribution in [0, 0.1) is 17.2 Å². The predicted molar refractivity (Wildman–Crippen MR) is 48.7 cm³/mol. The third kappa shape index (κ3) is 2.17. The molecule has 0 aromatic heterocycles. The van der Waals surface area contributed by atoms with Gasteiger partial charge in [-0.2, -0.15) is 10.3 Å². The van der Waals surface area contributed by atoms with Gasteiger partial charge < -0.3 is 0 Å². The summed E-state index contributed by atoms with van der Waals surface area (Å²) in [7, 11) is 0. The van der Waals surface area contributed by atoms with Crippen molar-refractivity contribution in [1.29, 1.82) is 5.26 Å². The summed E-state index contributed by atoms with van der Waals surface area (Å²) in [6, 6.07) is 2.12. The first kappa shape index (κ1) is 9.95. The predicted octanol–water partition coefficient (Wildman–Crippen LogP) is 2.18. The first-order valence-electron chi connectivity index (χ1n) is 4.73. The van der Waals surface area contributed by atoms with Gasteiger partial charge in [-0.25, -0.2) is 4.79 Å². The van der Waals surface area contributed by atoms with Gasteiger partial charge in [0.1, 0.15) is 0 Å². The zero-order valence-electron chi connectivity index (χ0n) is 7.92. The maximum absolute atomic E-state index is 10.2. The number of rotatable bonds is 2. The molecule has 1 fully saturated rings. The number of aliphatic imine (C=N–C) groups is 1. The van der Waals surface area contributed by atoms with Gasteiger partial charge in [-0.15, -0.1) is 0 Å². The molecule has 0 bridgehead atoms. The number of hydrogen-bond donors (Lipinski definition) is 0. The SMILES string of the molecule is CC(C#N)(N=C=O)C1CCCCC1. The Bertz CT molecular complexity index is 257. The van der Waals surface area contributed by atoms with E-state index in [1.54, 1.807) is 6.92 Å². The maximum atomic E-state index is 10.2. The lowest BCUT2D eigenvalue weighted by Gasteiger charge is -2.29. The van der Waals surface area contributed by atoms with Crippen molar-refractivity contribution >= 4 is 6.08 Å². The minimum Gasteiger partial charge on any atom is -0.211 e. The average Bonchev–Trinajstić information content (AvgIpc) is 2.19. The summed E-state index contributed by atoms with van der Waals surface area (Å²) >= 11 is 0. The Morgan fingerprint density at radius 2 is 2.00 bits per heavy atom. The molecule has 0 spiro atoms. The van der Waals surface area contributed by atoms with Gasteiger partial charge in [0, 0.05) is 0 Å². The minimum absolute atomic E-state index is 0.243. The quantitative estimate of drug-likeness (QED) is 0.480. The normalized spacial score (nSPS) is 22.5. The summed E-state index contributed by atoms with van der Waals surface area (Å²) in [4.78, 5) is 13.8. The zero-order chi connectivity index (χ0) is 9.73. The molecule has 3 nitrogen and oxygen atoms in total. The highest BCUT2D eigenvalue weighted by Gasteiger charge is 2.34. The second-order valence-corrected chi connectivity index (χ2v) is 3.80. The van der Waals surface area contributed by atoms with Gasteiger partial charge in [0.2, 0.25) is 6.08 Å². The van der Waals surface area contributed by atoms with Crippen molar-refractivity contribution in [1.82, 2.24) is 0 Å². The fourth-order valence-corrected chi connectivity index (χ4v) is 1.97. The maximum Gasteiger partial charge on any atom is 0.236 e. The van der Waals surface area contributed by atoms with E-state index in [4.69, 9.17) is 5.26 Å². The molecule has 1 saturated carbocycles. The highest BCUT2D eigenvalue weighted by Crippen LogP contribution is 2.34. The van der Waals surface area contributed by atoms with E-state index in [1.165, 1.54) is 12.5 Å². The van der Waals surface area contributed by atoms with Gasteiger partial charge in [0.05, 0.1) is 6.07 Å². The molecule has 0 aromatic rings. The van der Waals surface area contributed by atoms with Crippen LogP contribution < -0.4 is 0 Å². The lowest BCUT2D eigenvalue weighted by molar-refractivity contribution is 0.271. The van der Waals surface area contributed by atoms with Crippen molar-refractivity contribution in [3.63, 3.8) is 0 Å². The molecule has 0 amide bonds. The first-order valence-corrected chi connectivity index (χ1v) is 4.73. The number of nitriles is 1. The third-order valence-corrected chi connectivity index (χ3v) is 2.90. The van der Waals surface area contributed by atoms with E-state index in [-0.39, 0.29) is 5.92 Å². The van der Waals surface area contributed by atoms with Gasteiger partial charge in [-0.1, -0.05) is 19.3 Å². The largest absolute Gasteiger partial charge is 0.236 e. The van der Waals surface area contributed by atoms with Crippen LogP contribution in [-0.4, -0.2) is 11.6 Å².